The van der Waals surface area contributed by atoms with Crippen LogP contribution in [0.1, 0.15) is 62.8 Å². The molecule has 0 saturated heterocycles. The second-order valence-electron chi connectivity index (χ2n) is 6.94. The number of pyridine rings is 1. The van der Waals surface area contributed by atoms with E-state index < -0.39 is 0 Å². The van der Waals surface area contributed by atoms with Gasteiger partial charge >= 0.3 is 0 Å². The molecule has 0 amide bonds. The summed E-state index contributed by atoms with van der Waals surface area (Å²) < 4.78 is 1.17. The fourth-order valence-corrected chi connectivity index (χ4v) is 4.98. The minimum Gasteiger partial charge on any atom is -0.369 e. The summed E-state index contributed by atoms with van der Waals surface area (Å²) in [4.78, 5) is 15.4. The maximum atomic E-state index is 5.08. The fourth-order valence-electron chi connectivity index (χ4n) is 3.84. The van der Waals surface area contributed by atoms with Crippen LogP contribution in [0.4, 0.5) is 5.82 Å². The summed E-state index contributed by atoms with van der Waals surface area (Å²) in [6, 6.07) is 0. The van der Waals surface area contributed by atoms with E-state index in [1.807, 2.05) is 0 Å². The highest BCUT2D eigenvalue weighted by Crippen LogP contribution is 2.41. The number of nitrogens with one attached hydrogen (secondary N) is 1. The molecule has 3 aromatic rings. The number of rotatable bonds is 7. The Labute approximate surface area is 153 Å². The van der Waals surface area contributed by atoms with E-state index in [0.717, 1.165) is 35.6 Å². The van der Waals surface area contributed by atoms with E-state index in [4.69, 9.17) is 4.98 Å². The average molecular weight is 355 g/mol. The number of unbranched alkanes of at least 4 members (excludes halogenated alkanes) is 2. The molecule has 25 heavy (non-hydrogen) atoms. The predicted octanol–water partition coefficient (Wildman–Crippen LogP) is 5.28. The highest BCUT2D eigenvalue weighted by atomic mass is 32.1. The lowest BCUT2D eigenvalue weighted by Crippen LogP contribution is -2.03. The molecule has 3 heterocycles. The van der Waals surface area contributed by atoms with Gasteiger partial charge in [0.25, 0.3) is 0 Å². The molecular weight excluding hydrogens is 328 g/mol. The Balaban J connectivity index is 1.86. The minimum absolute atomic E-state index is 0.962. The van der Waals surface area contributed by atoms with Crippen molar-refractivity contribution in [1.29, 1.82) is 0 Å². The van der Waals surface area contributed by atoms with Gasteiger partial charge in [-0.25, -0.2) is 15.0 Å². The van der Waals surface area contributed by atoms with E-state index in [9.17, 15) is 0 Å². The number of thiophene rings is 1. The number of fused-ring (bicyclic) bond motifs is 5. The van der Waals surface area contributed by atoms with E-state index in [-0.39, 0.29) is 0 Å². The summed E-state index contributed by atoms with van der Waals surface area (Å²) >= 11 is 1.76. The lowest BCUT2D eigenvalue weighted by atomic mass is 10.0. The Hall–Kier alpha value is -1.75. The lowest BCUT2D eigenvalue weighted by molar-refractivity contribution is 0.770. The van der Waals surface area contributed by atoms with Gasteiger partial charge in [0.2, 0.25) is 0 Å². The largest absolute Gasteiger partial charge is 0.369 e. The van der Waals surface area contributed by atoms with Crippen LogP contribution in [0.2, 0.25) is 0 Å². The first kappa shape index (κ1) is 16.7. The van der Waals surface area contributed by atoms with Gasteiger partial charge < -0.3 is 5.32 Å². The molecule has 0 unspecified atom stereocenters. The molecule has 0 aromatic carbocycles. The molecule has 1 aliphatic carbocycles. The monoisotopic (exact) mass is 354 g/mol. The van der Waals surface area contributed by atoms with E-state index >= 15 is 0 Å². The summed E-state index contributed by atoms with van der Waals surface area (Å²) in [5.74, 6) is 0.975. The van der Waals surface area contributed by atoms with Crippen molar-refractivity contribution in [2.45, 2.75) is 65.2 Å². The number of aryl methyl sites for hydroxylation is 2. The van der Waals surface area contributed by atoms with E-state index in [1.54, 1.807) is 17.7 Å². The van der Waals surface area contributed by atoms with Gasteiger partial charge in [-0.3, -0.25) is 0 Å². The maximum Gasteiger partial charge on any atom is 0.147 e. The molecule has 0 aliphatic heterocycles. The molecule has 132 valence electrons. The number of anilines is 1. The van der Waals surface area contributed by atoms with E-state index in [0.29, 0.717) is 0 Å². The second kappa shape index (κ2) is 7.24. The predicted molar refractivity (Wildman–Crippen MR) is 107 cm³/mol. The minimum atomic E-state index is 0.962. The third-order valence-electron chi connectivity index (χ3n) is 5.15. The molecule has 0 bridgehead atoms. The van der Waals surface area contributed by atoms with Crippen molar-refractivity contribution < 1.29 is 0 Å². The van der Waals surface area contributed by atoms with Crippen LogP contribution in [0.25, 0.3) is 20.4 Å². The second-order valence-corrected chi connectivity index (χ2v) is 7.93. The highest BCUT2D eigenvalue weighted by molar-refractivity contribution is 7.26. The van der Waals surface area contributed by atoms with Gasteiger partial charge in [0.1, 0.15) is 17.0 Å². The molecule has 1 N–H and O–H groups in total. The van der Waals surface area contributed by atoms with Crippen LogP contribution in [0.15, 0.2) is 6.33 Å². The van der Waals surface area contributed by atoms with Crippen molar-refractivity contribution in [2.75, 3.05) is 11.9 Å². The summed E-state index contributed by atoms with van der Waals surface area (Å²) in [5, 5.41) is 4.80. The van der Waals surface area contributed by atoms with Crippen LogP contribution in [0.3, 0.4) is 0 Å². The lowest BCUT2D eigenvalue weighted by Gasteiger charge is -2.08. The van der Waals surface area contributed by atoms with Crippen molar-refractivity contribution in [1.82, 2.24) is 15.0 Å². The summed E-state index contributed by atoms with van der Waals surface area (Å²) in [6.45, 7) is 5.42. The molecule has 0 spiro atoms. The van der Waals surface area contributed by atoms with Crippen molar-refractivity contribution in [3.63, 3.8) is 0 Å². The molecule has 4 rings (SSSR count). The maximum absolute atomic E-state index is 5.08. The van der Waals surface area contributed by atoms with E-state index in [1.165, 1.54) is 65.4 Å². The van der Waals surface area contributed by atoms with Crippen molar-refractivity contribution >= 4 is 37.6 Å². The molecule has 0 atom stereocenters. The van der Waals surface area contributed by atoms with Gasteiger partial charge in [0.15, 0.2) is 0 Å². The van der Waals surface area contributed by atoms with Gasteiger partial charge in [0.05, 0.1) is 10.2 Å². The van der Waals surface area contributed by atoms with Crippen LogP contribution < -0.4 is 5.32 Å². The topological polar surface area (TPSA) is 50.7 Å². The van der Waals surface area contributed by atoms with Gasteiger partial charge in [-0.1, -0.05) is 26.7 Å². The molecule has 5 heteroatoms. The van der Waals surface area contributed by atoms with Crippen LogP contribution in [0.5, 0.6) is 0 Å². The SMILES string of the molecule is CCCCNc1ncnc2c1sc1nc(CCCC)c3c(c12)CCC3. The average Bonchev–Trinajstić information content (AvgIpc) is 3.24. The standard InChI is InChI=1S/C20H26N4S/c1-3-5-10-15-13-8-7-9-14(13)16-17-18(25-20(16)24-15)19(23-12-22-17)21-11-6-4-2/h12H,3-11H2,1-2H3,(H,21,22,23). The number of nitrogens with zero attached hydrogens (tertiary/aromatic N) is 3. The molecule has 0 radical (unpaired) electrons. The Bertz CT molecular complexity index is 900. The zero-order valence-corrected chi connectivity index (χ0v) is 16.0. The van der Waals surface area contributed by atoms with Crippen LogP contribution in [-0.4, -0.2) is 21.5 Å². The summed E-state index contributed by atoms with van der Waals surface area (Å²) in [7, 11) is 0. The third-order valence-corrected chi connectivity index (χ3v) is 6.23. The molecular formula is C20H26N4S. The van der Waals surface area contributed by atoms with Gasteiger partial charge in [-0.05, 0) is 49.7 Å². The fraction of sp³-hybridized carbons (Fsp3) is 0.550. The molecule has 3 aromatic heterocycles. The number of hydrogen-bond donors (Lipinski definition) is 1. The zero-order valence-electron chi connectivity index (χ0n) is 15.2. The van der Waals surface area contributed by atoms with Crippen LogP contribution in [0, 0.1) is 0 Å². The quantitative estimate of drug-likeness (QED) is 0.586. The normalized spacial score (nSPS) is 13.7. The summed E-state index contributed by atoms with van der Waals surface area (Å²) in [6.07, 6.45) is 11.2. The van der Waals surface area contributed by atoms with Crippen LogP contribution >= 0.6 is 11.3 Å². The van der Waals surface area contributed by atoms with Crippen molar-refractivity contribution in [3.8, 4) is 0 Å². The first-order chi connectivity index (χ1) is 12.3. The number of aromatic nitrogens is 3. The van der Waals surface area contributed by atoms with Crippen molar-refractivity contribution in [2.24, 2.45) is 0 Å². The smallest absolute Gasteiger partial charge is 0.147 e. The Morgan fingerprint density at radius 1 is 1.08 bits per heavy atom. The molecule has 4 nitrogen and oxygen atoms in total. The first-order valence-electron chi connectivity index (χ1n) is 9.65. The van der Waals surface area contributed by atoms with Gasteiger partial charge in [-0.2, -0.15) is 0 Å². The summed E-state index contributed by atoms with van der Waals surface area (Å²) in [5.41, 5.74) is 5.46. The molecule has 0 fully saturated rings. The van der Waals surface area contributed by atoms with Gasteiger partial charge in [-0.15, -0.1) is 11.3 Å². The van der Waals surface area contributed by atoms with Gasteiger partial charge in [0, 0.05) is 17.6 Å². The first-order valence-corrected chi connectivity index (χ1v) is 10.5. The Morgan fingerprint density at radius 3 is 2.76 bits per heavy atom. The number of hydrogen-bond acceptors (Lipinski definition) is 5. The molecule has 0 saturated carbocycles. The highest BCUT2D eigenvalue weighted by Gasteiger charge is 2.23. The van der Waals surface area contributed by atoms with Crippen LogP contribution in [-0.2, 0) is 19.3 Å². The van der Waals surface area contributed by atoms with Crippen molar-refractivity contribution in [3.05, 3.63) is 23.1 Å². The zero-order chi connectivity index (χ0) is 17.2. The Morgan fingerprint density at radius 2 is 1.92 bits per heavy atom. The third kappa shape index (κ3) is 2.99. The Kier molecular flexibility index (Phi) is 4.84. The van der Waals surface area contributed by atoms with E-state index in [2.05, 4.69) is 29.1 Å². The molecule has 1 aliphatic rings.